The molecule has 1 unspecified atom stereocenters. The number of nitrogens with zero attached hydrogens (tertiary/aromatic N) is 2. The van der Waals surface area contributed by atoms with Gasteiger partial charge in [0.15, 0.2) is 0 Å². The third-order valence-corrected chi connectivity index (χ3v) is 7.36. The van der Waals surface area contributed by atoms with E-state index < -0.39 is 0 Å². The van der Waals surface area contributed by atoms with E-state index in [9.17, 15) is 4.79 Å². The normalized spacial score (nSPS) is 12.0. The first-order valence-electron chi connectivity index (χ1n) is 14.8. The number of hydrogen-bond acceptors (Lipinski definition) is 3. The third kappa shape index (κ3) is 12.6. The number of carbonyl (C=O) groups excluding carboxylic acids is 1. The summed E-state index contributed by atoms with van der Waals surface area (Å²) in [6, 6.07) is 18.7. The van der Waals surface area contributed by atoms with Crippen LogP contribution in [-0.4, -0.2) is 41.4 Å². The Morgan fingerprint density at radius 3 is 2.08 bits per heavy atom. The summed E-state index contributed by atoms with van der Waals surface area (Å²) < 4.78 is 5.96. The third-order valence-electron chi connectivity index (χ3n) is 7.36. The molecule has 2 aromatic rings. The molecule has 0 radical (unpaired) electrons. The first-order valence-corrected chi connectivity index (χ1v) is 14.8. The van der Waals surface area contributed by atoms with Crippen LogP contribution in [0, 0.1) is 0 Å². The van der Waals surface area contributed by atoms with Crippen LogP contribution in [0.2, 0.25) is 0 Å². The summed E-state index contributed by atoms with van der Waals surface area (Å²) in [5, 5.41) is 0. The molecule has 4 heteroatoms. The van der Waals surface area contributed by atoms with Gasteiger partial charge < -0.3 is 14.5 Å². The first-order chi connectivity index (χ1) is 18.1. The van der Waals surface area contributed by atoms with Crippen LogP contribution in [0.3, 0.4) is 0 Å². The summed E-state index contributed by atoms with van der Waals surface area (Å²) in [6.45, 7) is 13.4. The van der Waals surface area contributed by atoms with Crippen LogP contribution >= 0.6 is 0 Å². The van der Waals surface area contributed by atoms with Crippen molar-refractivity contribution in [2.75, 3.05) is 19.6 Å². The molecule has 0 aliphatic heterocycles. The standard InChI is InChI=1S/C33H52N2O2/c1-5-8-9-10-11-12-16-21-33(36)35(29(4)18-17-26-34(6-2)7-3)27-30-22-24-32(25-23-30)37-28-31-19-14-13-15-20-31/h13-15,19-20,22-25,29H,5-12,16-18,21,26-28H2,1-4H3. The van der Waals surface area contributed by atoms with Gasteiger partial charge >= 0.3 is 0 Å². The maximum Gasteiger partial charge on any atom is 0.223 e. The zero-order chi connectivity index (χ0) is 26.7. The van der Waals surface area contributed by atoms with Crippen molar-refractivity contribution in [3.8, 4) is 5.75 Å². The fourth-order valence-electron chi connectivity index (χ4n) is 4.80. The summed E-state index contributed by atoms with van der Waals surface area (Å²) in [5.74, 6) is 1.16. The summed E-state index contributed by atoms with van der Waals surface area (Å²) in [4.78, 5) is 17.9. The van der Waals surface area contributed by atoms with Gasteiger partial charge in [0, 0.05) is 19.0 Å². The SMILES string of the molecule is CCCCCCCCCC(=O)N(Cc1ccc(OCc2ccccc2)cc1)C(C)CCCN(CC)CC. The second-order valence-corrected chi connectivity index (χ2v) is 10.3. The van der Waals surface area contributed by atoms with Gasteiger partial charge in [-0.05, 0) is 69.1 Å². The average Bonchev–Trinajstić information content (AvgIpc) is 2.93. The Morgan fingerprint density at radius 2 is 1.43 bits per heavy atom. The number of ether oxygens (including phenoxy) is 1. The Hall–Kier alpha value is -2.33. The number of benzene rings is 2. The maximum absolute atomic E-state index is 13.4. The summed E-state index contributed by atoms with van der Waals surface area (Å²) in [7, 11) is 0. The van der Waals surface area contributed by atoms with Crippen LogP contribution in [-0.2, 0) is 17.9 Å². The lowest BCUT2D eigenvalue weighted by atomic mass is 10.1. The van der Waals surface area contributed by atoms with Gasteiger partial charge in [0.25, 0.3) is 0 Å². The molecule has 0 spiro atoms. The van der Waals surface area contributed by atoms with Gasteiger partial charge in [0.2, 0.25) is 5.91 Å². The summed E-state index contributed by atoms with van der Waals surface area (Å²) >= 11 is 0. The van der Waals surface area contributed by atoms with Crippen LogP contribution in [0.4, 0.5) is 0 Å². The van der Waals surface area contributed by atoms with Crippen molar-refractivity contribution in [3.63, 3.8) is 0 Å². The van der Waals surface area contributed by atoms with Crippen molar-refractivity contribution in [1.29, 1.82) is 0 Å². The molecular formula is C33H52N2O2. The van der Waals surface area contributed by atoms with E-state index in [1.807, 2.05) is 30.3 Å². The fraction of sp³-hybridized carbons (Fsp3) is 0.606. The molecule has 0 aromatic heterocycles. The first kappa shape index (κ1) is 30.9. The highest BCUT2D eigenvalue weighted by atomic mass is 16.5. The van der Waals surface area contributed by atoms with Gasteiger partial charge in [-0.25, -0.2) is 0 Å². The van der Waals surface area contributed by atoms with E-state index in [1.54, 1.807) is 0 Å². The number of rotatable bonds is 20. The predicted octanol–water partition coefficient (Wildman–Crippen LogP) is 8.25. The molecule has 2 rings (SSSR count). The van der Waals surface area contributed by atoms with E-state index in [0.717, 1.165) is 62.2 Å². The summed E-state index contributed by atoms with van der Waals surface area (Å²) in [6.07, 6.45) is 11.5. The van der Waals surface area contributed by atoms with E-state index in [2.05, 4.69) is 61.8 Å². The van der Waals surface area contributed by atoms with Crippen molar-refractivity contribution in [3.05, 3.63) is 65.7 Å². The largest absolute Gasteiger partial charge is 0.489 e. The lowest BCUT2D eigenvalue weighted by Crippen LogP contribution is -2.38. The second-order valence-electron chi connectivity index (χ2n) is 10.3. The van der Waals surface area contributed by atoms with Crippen LogP contribution < -0.4 is 4.74 Å². The topological polar surface area (TPSA) is 32.8 Å². The molecule has 2 aromatic carbocycles. The van der Waals surface area contributed by atoms with Crippen molar-refractivity contribution in [1.82, 2.24) is 9.80 Å². The zero-order valence-electron chi connectivity index (χ0n) is 24.1. The van der Waals surface area contributed by atoms with Gasteiger partial charge in [-0.1, -0.05) is 102 Å². The van der Waals surface area contributed by atoms with Crippen LogP contribution in [0.25, 0.3) is 0 Å². The molecule has 0 aliphatic carbocycles. The van der Waals surface area contributed by atoms with Gasteiger partial charge in [0.05, 0.1) is 0 Å². The molecule has 0 heterocycles. The van der Waals surface area contributed by atoms with Gasteiger partial charge in [0.1, 0.15) is 12.4 Å². The molecule has 1 atom stereocenters. The van der Waals surface area contributed by atoms with Crippen molar-refractivity contribution in [2.24, 2.45) is 0 Å². The zero-order valence-corrected chi connectivity index (χ0v) is 24.1. The highest BCUT2D eigenvalue weighted by Gasteiger charge is 2.20. The Labute approximate surface area is 227 Å². The van der Waals surface area contributed by atoms with Crippen LogP contribution in [0.1, 0.15) is 103 Å². The molecule has 4 nitrogen and oxygen atoms in total. The van der Waals surface area contributed by atoms with Gasteiger partial charge in [-0.3, -0.25) is 4.79 Å². The van der Waals surface area contributed by atoms with Gasteiger partial charge in [-0.15, -0.1) is 0 Å². The molecule has 206 valence electrons. The van der Waals surface area contributed by atoms with Crippen molar-refractivity contribution >= 4 is 5.91 Å². The van der Waals surface area contributed by atoms with E-state index in [1.165, 1.54) is 32.1 Å². The monoisotopic (exact) mass is 508 g/mol. The summed E-state index contributed by atoms with van der Waals surface area (Å²) in [5.41, 5.74) is 2.32. The molecule has 0 saturated heterocycles. The Morgan fingerprint density at radius 1 is 0.784 bits per heavy atom. The van der Waals surface area contributed by atoms with Crippen molar-refractivity contribution < 1.29 is 9.53 Å². The predicted molar refractivity (Wildman–Crippen MR) is 157 cm³/mol. The molecule has 0 fully saturated rings. The lowest BCUT2D eigenvalue weighted by Gasteiger charge is -2.30. The minimum atomic E-state index is 0.238. The molecule has 0 N–H and O–H groups in total. The molecular weight excluding hydrogens is 456 g/mol. The molecule has 0 bridgehead atoms. The smallest absolute Gasteiger partial charge is 0.223 e. The Bertz CT molecular complexity index is 833. The van der Waals surface area contributed by atoms with Crippen molar-refractivity contribution in [2.45, 2.75) is 111 Å². The minimum absolute atomic E-state index is 0.238. The number of hydrogen-bond donors (Lipinski definition) is 0. The minimum Gasteiger partial charge on any atom is -0.489 e. The van der Waals surface area contributed by atoms with E-state index in [-0.39, 0.29) is 6.04 Å². The maximum atomic E-state index is 13.4. The fourth-order valence-corrected chi connectivity index (χ4v) is 4.80. The van der Waals surface area contributed by atoms with E-state index in [4.69, 9.17) is 4.74 Å². The number of amides is 1. The lowest BCUT2D eigenvalue weighted by molar-refractivity contribution is -0.134. The van der Waals surface area contributed by atoms with Crippen LogP contribution in [0.15, 0.2) is 54.6 Å². The highest BCUT2D eigenvalue weighted by Crippen LogP contribution is 2.19. The quantitative estimate of drug-likeness (QED) is 0.169. The van der Waals surface area contributed by atoms with E-state index >= 15 is 0 Å². The Kier molecular flexibility index (Phi) is 15.7. The number of carbonyl (C=O) groups is 1. The number of unbranched alkanes of at least 4 members (excludes halogenated alkanes) is 6. The van der Waals surface area contributed by atoms with Crippen LogP contribution in [0.5, 0.6) is 5.75 Å². The molecule has 1 amide bonds. The Balaban J connectivity index is 1.92. The second kappa shape index (κ2) is 18.8. The highest BCUT2D eigenvalue weighted by molar-refractivity contribution is 5.76. The molecule has 0 saturated carbocycles. The molecule has 37 heavy (non-hydrogen) atoms. The van der Waals surface area contributed by atoms with Gasteiger partial charge in [-0.2, -0.15) is 0 Å². The molecule has 0 aliphatic rings. The average molecular weight is 509 g/mol. The van der Waals surface area contributed by atoms with E-state index in [0.29, 0.717) is 25.5 Å².